The van der Waals surface area contributed by atoms with Gasteiger partial charge in [-0.3, -0.25) is 14.7 Å². The second-order valence-corrected chi connectivity index (χ2v) is 4.90. The summed E-state index contributed by atoms with van der Waals surface area (Å²) in [4.78, 5) is 7.79. The molecule has 0 bridgehead atoms. The number of nitrogens with zero attached hydrogens (tertiary/aromatic N) is 3. The van der Waals surface area contributed by atoms with Crippen molar-refractivity contribution in [2.45, 2.75) is 47.3 Å². The Labute approximate surface area is 117 Å². The van der Waals surface area contributed by atoms with E-state index in [-0.39, 0.29) is 5.79 Å². The molecule has 3 nitrogen and oxygen atoms in total. The molecule has 4 heteroatoms. The highest BCUT2D eigenvalue weighted by atomic mass is 31.0. The van der Waals surface area contributed by atoms with Gasteiger partial charge >= 0.3 is 0 Å². The molecular weight excluding hydrogens is 241 g/mol. The van der Waals surface area contributed by atoms with Gasteiger partial charge in [0.1, 0.15) is 5.79 Å². The molecule has 0 fully saturated rings. The van der Waals surface area contributed by atoms with Crippen LogP contribution in [0, 0.1) is 0 Å². The molecule has 0 N–H and O–H groups in total. The van der Waals surface area contributed by atoms with Crippen molar-refractivity contribution >= 4 is 9.24 Å². The fourth-order valence-electron chi connectivity index (χ4n) is 3.18. The van der Waals surface area contributed by atoms with Gasteiger partial charge in [0.2, 0.25) is 0 Å². The monoisotopic (exact) mass is 275 g/mol. The summed E-state index contributed by atoms with van der Waals surface area (Å²) in [6.45, 7) is 20.2. The molecule has 18 heavy (non-hydrogen) atoms. The fraction of sp³-hybridized carbons (Fsp3) is 1.00. The molecule has 0 aliphatic carbocycles. The van der Waals surface area contributed by atoms with Crippen LogP contribution in [0.2, 0.25) is 0 Å². The van der Waals surface area contributed by atoms with Crippen LogP contribution < -0.4 is 0 Å². The Bertz CT molecular complexity index is 168. The number of rotatable bonds is 10. The second kappa shape index (κ2) is 9.25. The Morgan fingerprint density at radius 3 is 0.944 bits per heavy atom. The predicted molar refractivity (Wildman–Crippen MR) is 86.1 cm³/mol. The first-order valence-electron chi connectivity index (χ1n) is 7.57. The number of hydrogen-bond acceptors (Lipinski definition) is 3. The summed E-state index contributed by atoms with van der Waals surface area (Å²) < 4.78 is 0. The van der Waals surface area contributed by atoms with Crippen LogP contribution in [0.4, 0.5) is 0 Å². The van der Waals surface area contributed by atoms with Gasteiger partial charge in [0.15, 0.2) is 0 Å². The molecule has 0 radical (unpaired) electrons. The van der Waals surface area contributed by atoms with Gasteiger partial charge in [-0.25, -0.2) is 0 Å². The van der Waals surface area contributed by atoms with Crippen molar-refractivity contribution in [2.24, 2.45) is 0 Å². The van der Waals surface area contributed by atoms with Crippen molar-refractivity contribution < 1.29 is 0 Å². The van der Waals surface area contributed by atoms with Gasteiger partial charge in [0, 0.05) is 6.16 Å². The van der Waals surface area contributed by atoms with Crippen molar-refractivity contribution in [3.05, 3.63) is 0 Å². The standard InChI is InChI=1S/C14H34N3P/c1-7-15(8-2)14(13-18,16(9-3)10-4)17(11-5)12-6/h7-13,18H2,1-6H3. The first-order valence-corrected chi connectivity index (χ1v) is 8.39. The lowest BCUT2D eigenvalue weighted by Crippen LogP contribution is -2.71. The lowest BCUT2D eigenvalue weighted by atomic mass is 10.2. The highest BCUT2D eigenvalue weighted by Crippen LogP contribution is 2.27. The van der Waals surface area contributed by atoms with E-state index in [0.29, 0.717) is 0 Å². The molecule has 0 aromatic heterocycles. The molecule has 0 aromatic carbocycles. The molecule has 1 atom stereocenters. The van der Waals surface area contributed by atoms with Crippen LogP contribution in [-0.4, -0.2) is 65.9 Å². The maximum atomic E-state index is 2.98. The van der Waals surface area contributed by atoms with E-state index in [0.717, 1.165) is 45.4 Å². The van der Waals surface area contributed by atoms with Crippen molar-refractivity contribution in [2.75, 3.05) is 45.4 Å². The van der Waals surface area contributed by atoms with Crippen LogP contribution in [0.15, 0.2) is 0 Å². The molecule has 110 valence electrons. The van der Waals surface area contributed by atoms with Crippen molar-refractivity contribution in [3.8, 4) is 0 Å². The van der Waals surface area contributed by atoms with E-state index < -0.39 is 0 Å². The highest BCUT2D eigenvalue weighted by Gasteiger charge is 2.42. The van der Waals surface area contributed by atoms with E-state index in [2.05, 4.69) is 65.5 Å². The average molecular weight is 275 g/mol. The fourth-order valence-corrected chi connectivity index (χ4v) is 3.95. The maximum Gasteiger partial charge on any atom is 0.134 e. The lowest BCUT2D eigenvalue weighted by Gasteiger charge is -2.55. The normalized spacial score (nSPS) is 13.0. The lowest BCUT2D eigenvalue weighted by molar-refractivity contribution is -0.145. The largest absolute Gasteiger partial charge is 0.273 e. The molecule has 0 amide bonds. The minimum atomic E-state index is 0.0567. The minimum Gasteiger partial charge on any atom is -0.273 e. The first kappa shape index (κ1) is 18.3. The van der Waals surface area contributed by atoms with E-state index in [1.807, 2.05) is 0 Å². The molecule has 0 saturated heterocycles. The summed E-state index contributed by atoms with van der Waals surface area (Å²) >= 11 is 0. The topological polar surface area (TPSA) is 9.72 Å². The molecule has 0 aromatic rings. The van der Waals surface area contributed by atoms with E-state index >= 15 is 0 Å². The zero-order valence-corrected chi connectivity index (χ0v) is 14.5. The Morgan fingerprint density at radius 2 is 0.833 bits per heavy atom. The van der Waals surface area contributed by atoms with Crippen LogP contribution in [0.3, 0.4) is 0 Å². The first-order chi connectivity index (χ1) is 8.62. The quantitative estimate of drug-likeness (QED) is 0.448. The van der Waals surface area contributed by atoms with Crippen molar-refractivity contribution in [1.29, 1.82) is 0 Å². The second-order valence-electron chi connectivity index (χ2n) is 4.50. The summed E-state index contributed by atoms with van der Waals surface area (Å²) in [5, 5.41) is 0. The summed E-state index contributed by atoms with van der Waals surface area (Å²) in [6.07, 6.45) is 1.07. The zero-order valence-electron chi connectivity index (χ0n) is 13.4. The van der Waals surface area contributed by atoms with E-state index in [1.54, 1.807) is 0 Å². The van der Waals surface area contributed by atoms with Gasteiger partial charge in [-0.2, -0.15) is 0 Å². The van der Waals surface area contributed by atoms with E-state index in [4.69, 9.17) is 0 Å². The van der Waals surface area contributed by atoms with Gasteiger partial charge in [-0.15, -0.1) is 9.24 Å². The van der Waals surface area contributed by atoms with Crippen LogP contribution in [0.5, 0.6) is 0 Å². The molecule has 1 unspecified atom stereocenters. The Balaban J connectivity index is 5.55. The zero-order chi connectivity index (χ0) is 14.2. The third-order valence-corrected chi connectivity index (χ3v) is 4.63. The molecular formula is C14H34N3P. The summed E-state index contributed by atoms with van der Waals surface area (Å²) in [5.41, 5.74) is 0. The van der Waals surface area contributed by atoms with Gasteiger partial charge in [0.05, 0.1) is 0 Å². The molecule has 0 saturated carbocycles. The maximum absolute atomic E-state index is 2.98. The van der Waals surface area contributed by atoms with Crippen LogP contribution in [0.1, 0.15) is 41.5 Å². The third kappa shape index (κ3) is 3.45. The predicted octanol–water partition coefficient (Wildman–Crippen LogP) is 2.54. The SMILES string of the molecule is CCN(CC)C(CP)(N(CC)CC)N(CC)CC. The molecule has 0 aliphatic heterocycles. The van der Waals surface area contributed by atoms with Crippen LogP contribution >= 0.6 is 9.24 Å². The summed E-state index contributed by atoms with van der Waals surface area (Å²) in [5.74, 6) is 0.0567. The third-order valence-electron chi connectivity index (χ3n) is 4.08. The van der Waals surface area contributed by atoms with Gasteiger partial charge in [-0.05, 0) is 39.3 Å². The smallest absolute Gasteiger partial charge is 0.134 e. The highest BCUT2D eigenvalue weighted by molar-refractivity contribution is 7.16. The van der Waals surface area contributed by atoms with Gasteiger partial charge in [-0.1, -0.05) is 41.5 Å². The van der Waals surface area contributed by atoms with E-state index in [1.165, 1.54) is 0 Å². The van der Waals surface area contributed by atoms with Crippen molar-refractivity contribution in [3.63, 3.8) is 0 Å². The molecule has 0 heterocycles. The minimum absolute atomic E-state index is 0.0567. The number of hydrogen-bond donors (Lipinski definition) is 0. The van der Waals surface area contributed by atoms with E-state index in [9.17, 15) is 0 Å². The molecule has 0 spiro atoms. The molecule has 0 aliphatic rings. The summed E-state index contributed by atoms with van der Waals surface area (Å²) in [6, 6.07) is 0. The Morgan fingerprint density at radius 1 is 0.611 bits per heavy atom. The van der Waals surface area contributed by atoms with Crippen LogP contribution in [0.25, 0.3) is 0 Å². The summed E-state index contributed by atoms with van der Waals surface area (Å²) in [7, 11) is 2.98. The Kier molecular flexibility index (Phi) is 9.41. The van der Waals surface area contributed by atoms with Gasteiger partial charge < -0.3 is 0 Å². The van der Waals surface area contributed by atoms with Gasteiger partial charge in [0.25, 0.3) is 0 Å². The van der Waals surface area contributed by atoms with Crippen LogP contribution in [-0.2, 0) is 0 Å². The Hall–Kier alpha value is 0.310. The molecule has 0 rings (SSSR count). The van der Waals surface area contributed by atoms with Crippen molar-refractivity contribution in [1.82, 2.24) is 14.7 Å². The average Bonchev–Trinajstić information content (AvgIpc) is 2.41.